The summed E-state index contributed by atoms with van der Waals surface area (Å²) in [5.41, 5.74) is 4.16. The Morgan fingerprint density at radius 3 is 2.48 bits per heavy atom. The largest absolute Gasteiger partial charge is 0.488 e. The Morgan fingerprint density at radius 2 is 1.74 bits per heavy atom. The van der Waals surface area contributed by atoms with Gasteiger partial charge in [0.1, 0.15) is 18.8 Å². The van der Waals surface area contributed by atoms with Gasteiger partial charge in [0.25, 0.3) is 0 Å². The number of para-hydroxylation sites is 1. The molecule has 2 amide bonds. The first-order valence-electron chi connectivity index (χ1n) is 8.89. The smallest absolute Gasteiger partial charge is 0.249 e. The molecule has 0 atom stereocenters. The third kappa shape index (κ3) is 7.73. The number of benzene rings is 2. The zero-order valence-electron chi connectivity index (χ0n) is 15.6. The molecule has 0 aromatic heterocycles. The van der Waals surface area contributed by atoms with E-state index in [1.807, 2.05) is 68.4 Å². The van der Waals surface area contributed by atoms with Crippen molar-refractivity contribution in [1.29, 1.82) is 0 Å². The van der Waals surface area contributed by atoms with Gasteiger partial charge in [0, 0.05) is 12.1 Å². The van der Waals surface area contributed by atoms with Crippen molar-refractivity contribution in [1.82, 2.24) is 10.7 Å². The molecule has 2 rings (SSSR count). The average molecular weight is 367 g/mol. The van der Waals surface area contributed by atoms with Crippen LogP contribution in [-0.4, -0.2) is 24.6 Å². The van der Waals surface area contributed by atoms with E-state index in [9.17, 15) is 9.59 Å². The Labute approximate surface area is 159 Å². The van der Waals surface area contributed by atoms with Crippen molar-refractivity contribution in [3.05, 3.63) is 65.7 Å². The van der Waals surface area contributed by atoms with Crippen LogP contribution in [0.25, 0.3) is 0 Å². The number of hydrazone groups is 1. The Kier molecular flexibility index (Phi) is 8.03. The molecule has 0 saturated heterocycles. The van der Waals surface area contributed by atoms with E-state index >= 15 is 0 Å². The van der Waals surface area contributed by atoms with Gasteiger partial charge < -0.3 is 10.1 Å². The second-order valence-electron chi connectivity index (χ2n) is 6.48. The van der Waals surface area contributed by atoms with Gasteiger partial charge in [-0.3, -0.25) is 9.59 Å². The number of nitrogens with one attached hydrogen (secondary N) is 2. The van der Waals surface area contributed by atoms with Gasteiger partial charge in [-0.25, -0.2) is 5.43 Å². The average Bonchev–Trinajstić information content (AvgIpc) is 2.66. The summed E-state index contributed by atoms with van der Waals surface area (Å²) in [5.74, 6) is 0.217. The van der Waals surface area contributed by atoms with E-state index in [4.69, 9.17) is 4.74 Å². The minimum atomic E-state index is -0.463. The van der Waals surface area contributed by atoms with Gasteiger partial charge in [0.2, 0.25) is 11.8 Å². The summed E-state index contributed by atoms with van der Waals surface area (Å²) in [5, 5.41) is 6.61. The topological polar surface area (TPSA) is 79.8 Å². The summed E-state index contributed by atoms with van der Waals surface area (Å²) < 4.78 is 5.83. The molecular formula is C21H25N3O3. The summed E-state index contributed by atoms with van der Waals surface area (Å²) in [6.45, 7) is 4.96. The van der Waals surface area contributed by atoms with Crippen LogP contribution < -0.4 is 15.5 Å². The van der Waals surface area contributed by atoms with Crippen LogP contribution in [0.4, 0.5) is 0 Å². The lowest BCUT2D eigenvalue weighted by Gasteiger charge is -2.09. The first-order chi connectivity index (χ1) is 13.0. The number of amides is 2. The summed E-state index contributed by atoms with van der Waals surface area (Å²) in [6, 6.07) is 17.3. The molecule has 27 heavy (non-hydrogen) atoms. The molecule has 0 radical (unpaired) electrons. The first kappa shape index (κ1) is 20.2. The lowest BCUT2D eigenvalue weighted by molar-refractivity contribution is -0.129. The fourth-order valence-corrected chi connectivity index (χ4v) is 2.19. The molecule has 0 heterocycles. The van der Waals surface area contributed by atoms with Gasteiger partial charge in [-0.15, -0.1) is 0 Å². The van der Waals surface area contributed by atoms with Gasteiger partial charge >= 0.3 is 0 Å². The zero-order valence-corrected chi connectivity index (χ0v) is 15.6. The molecule has 0 fully saturated rings. The van der Waals surface area contributed by atoms with E-state index in [0.717, 1.165) is 11.1 Å². The van der Waals surface area contributed by atoms with Crippen LogP contribution in [-0.2, 0) is 16.2 Å². The van der Waals surface area contributed by atoms with Crippen LogP contribution in [0.15, 0.2) is 59.7 Å². The van der Waals surface area contributed by atoms with E-state index in [2.05, 4.69) is 15.8 Å². The molecule has 2 aromatic rings. The molecule has 0 bridgehead atoms. The number of carbonyl (C=O) groups excluding carboxylic acids is 2. The van der Waals surface area contributed by atoms with Crippen LogP contribution in [0.3, 0.4) is 0 Å². The van der Waals surface area contributed by atoms with Crippen LogP contribution in [0, 0.1) is 5.92 Å². The van der Waals surface area contributed by atoms with E-state index in [-0.39, 0.29) is 12.3 Å². The zero-order chi connectivity index (χ0) is 19.5. The van der Waals surface area contributed by atoms with Gasteiger partial charge in [-0.05, 0) is 23.6 Å². The van der Waals surface area contributed by atoms with Gasteiger partial charge in [-0.1, -0.05) is 56.3 Å². The highest BCUT2D eigenvalue weighted by atomic mass is 16.5. The van der Waals surface area contributed by atoms with Gasteiger partial charge in [-0.2, -0.15) is 5.10 Å². The number of carbonyl (C=O) groups is 2. The Morgan fingerprint density at radius 1 is 1.04 bits per heavy atom. The Bertz CT molecular complexity index is 773. The van der Waals surface area contributed by atoms with Crippen LogP contribution >= 0.6 is 0 Å². The van der Waals surface area contributed by atoms with E-state index in [1.54, 1.807) is 0 Å². The van der Waals surface area contributed by atoms with E-state index in [0.29, 0.717) is 24.8 Å². The monoisotopic (exact) mass is 367 g/mol. The van der Waals surface area contributed by atoms with E-state index in [1.165, 1.54) is 6.21 Å². The van der Waals surface area contributed by atoms with Gasteiger partial charge in [0.05, 0.1) is 6.21 Å². The summed E-state index contributed by atoms with van der Waals surface area (Å²) in [7, 11) is 0. The lowest BCUT2D eigenvalue weighted by atomic mass is 10.2. The summed E-state index contributed by atoms with van der Waals surface area (Å²) in [4.78, 5) is 23.4. The third-order valence-corrected chi connectivity index (χ3v) is 3.58. The highest BCUT2D eigenvalue weighted by Crippen LogP contribution is 2.17. The van der Waals surface area contributed by atoms with Crippen molar-refractivity contribution in [2.45, 2.75) is 26.9 Å². The maximum Gasteiger partial charge on any atom is 0.249 e. The number of rotatable bonds is 9. The minimum absolute atomic E-state index is 0.254. The summed E-state index contributed by atoms with van der Waals surface area (Å²) >= 11 is 0. The van der Waals surface area contributed by atoms with E-state index < -0.39 is 5.91 Å². The molecule has 0 aliphatic carbocycles. The maximum atomic E-state index is 11.8. The van der Waals surface area contributed by atoms with Crippen molar-refractivity contribution in [2.24, 2.45) is 11.0 Å². The fourth-order valence-electron chi connectivity index (χ4n) is 2.19. The Hall–Kier alpha value is -3.15. The van der Waals surface area contributed by atoms with Crippen molar-refractivity contribution >= 4 is 18.0 Å². The molecule has 6 heteroatoms. The van der Waals surface area contributed by atoms with Crippen molar-refractivity contribution in [3.8, 4) is 5.75 Å². The fraction of sp³-hybridized carbons (Fsp3) is 0.286. The highest BCUT2D eigenvalue weighted by Gasteiger charge is 2.08. The molecule has 0 unspecified atom stereocenters. The molecule has 0 aliphatic rings. The molecule has 0 spiro atoms. The maximum absolute atomic E-state index is 11.8. The summed E-state index contributed by atoms with van der Waals surface area (Å²) in [6.07, 6.45) is 1.25. The van der Waals surface area contributed by atoms with Crippen molar-refractivity contribution in [2.75, 3.05) is 6.54 Å². The molecule has 6 nitrogen and oxygen atoms in total. The molecule has 2 aromatic carbocycles. The predicted molar refractivity (Wildman–Crippen MR) is 105 cm³/mol. The van der Waals surface area contributed by atoms with Crippen LogP contribution in [0.5, 0.6) is 5.75 Å². The second-order valence-corrected chi connectivity index (χ2v) is 6.48. The van der Waals surface area contributed by atoms with Crippen LogP contribution in [0.2, 0.25) is 0 Å². The number of hydrogen-bond donors (Lipinski definition) is 2. The second kappa shape index (κ2) is 10.8. The highest BCUT2D eigenvalue weighted by molar-refractivity contribution is 5.97. The normalized spacial score (nSPS) is 10.8. The van der Waals surface area contributed by atoms with Crippen molar-refractivity contribution < 1.29 is 14.3 Å². The molecule has 142 valence electrons. The SMILES string of the molecule is CC(C)CNC(=O)CC(=O)N/N=C\c1ccccc1OCc1ccccc1. The quantitative estimate of drug-likeness (QED) is 0.406. The third-order valence-electron chi connectivity index (χ3n) is 3.58. The molecule has 2 N–H and O–H groups in total. The molecular weight excluding hydrogens is 342 g/mol. The van der Waals surface area contributed by atoms with Crippen LogP contribution in [0.1, 0.15) is 31.4 Å². The minimum Gasteiger partial charge on any atom is -0.488 e. The molecule has 0 aliphatic heterocycles. The van der Waals surface area contributed by atoms with Gasteiger partial charge in [0.15, 0.2) is 0 Å². The molecule has 0 saturated carbocycles. The number of hydrogen-bond acceptors (Lipinski definition) is 4. The number of ether oxygens (including phenoxy) is 1. The number of nitrogens with zero attached hydrogens (tertiary/aromatic N) is 1. The van der Waals surface area contributed by atoms with Crippen molar-refractivity contribution in [3.63, 3.8) is 0 Å². The predicted octanol–water partition coefficient (Wildman–Crippen LogP) is 2.88. The Balaban J connectivity index is 1.85. The lowest BCUT2D eigenvalue weighted by Crippen LogP contribution is -2.32. The first-order valence-corrected chi connectivity index (χ1v) is 8.89. The standard InChI is InChI=1S/C21H25N3O3/c1-16(2)13-22-20(25)12-21(26)24-23-14-18-10-6-7-11-19(18)27-15-17-8-4-3-5-9-17/h3-11,14,16H,12-13,15H2,1-2H3,(H,22,25)(H,24,26)/b23-14-.